The number of ether oxygens (including phenoxy) is 3. The zero-order valence-corrected chi connectivity index (χ0v) is 18.6. The molecule has 0 spiro atoms. The van der Waals surface area contributed by atoms with E-state index in [1.807, 2.05) is 77.7 Å². The van der Waals surface area contributed by atoms with Gasteiger partial charge < -0.3 is 29.5 Å². The number of hydrogen-bond acceptors (Lipinski definition) is 6. The number of hydrogen-bond donors (Lipinski definition) is 2. The van der Waals surface area contributed by atoms with Crippen molar-refractivity contribution in [1.82, 2.24) is 5.32 Å². The molecule has 3 aromatic rings. The Bertz CT molecular complexity index is 1070. The summed E-state index contributed by atoms with van der Waals surface area (Å²) in [5.41, 5.74) is 2.82. The van der Waals surface area contributed by atoms with Crippen LogP contribution in [0.4, 0.5) is 5.69 Å². The summed E-state index contributed by atoms with van der Waals surface area (Å²) < 4.78 is 17.1. The molecule has 0 bridgehead atoms. The zero-order valence-electron chi connectivity index (χ0n) is 18.6. The fraction of sp³-hybridized carbons (Fsp3) is 0.269. The number of para-hydroxylation sites is 2. The first-order valence-corrected chi connectivity index (χ1v) is 10.9. The summed E-state index contributed by atoms with van der Waals surface area (Å²) in [6, 6.07) is 23.1. The minimum absolute atomic E-state index is 0.106. The Labute approximate surface area is 193 Å². The topological polar surface area (TPSA) is 80.3 Å². The van der Waals surface area contributed by atoms with Crippen molar-refractivity contribution in [3.8, 4) is 17.2 Å². The summed E-state index contributed by atoms with van der Waals surface area (Å²) in [5.74, 6) is 1.82. The first-order valence-electron chi connectivity index (χ1n) is 10.9. The third kappa shape index (κ3) is 5.75. The van der Waals surface area contributed by atoms with Crippen LogP contribution in [0, 0.1) is 0 Å². The Kier molecular flexibility index (Phi) is 7.32. The van der Waals surface area contributed by atoms with E-state index in [1.54, 1.807) is 7.11 Å². The van der Waals surface area contributed by atoms with Gasteiger partial charge in [-0.05, 0) is 35.4 Å². The lowest BCUT2D eigenvalue weighted by Crippen LogP contribution is -2.46. The van der Waals surface area contributed by atoms with Crippen molar-refractivity contribution in [2.45, 2.75) is 19.3 Å². The average molecular weight is 449 g/mol. The van der Waals surface area contributed by atoms with E-state index < -0.39 is 0 Å². The van der Waals surface area contributed by atoms with E-state index in [0.717, 1.165) is 16.8 Å². The molecule has 0 aliphatic carbocycles. The summed E-state index contributed by atoms with van der Waals surface area (Å²) >= 11 is 0. The van der Waals surface area contributed by atoms with Gasteiger partial charge in [-0.15, -0.1) is 0 Å². The Morgan fingerprint density at radius 2 is 1.85 bits per heavy atom. The van der Waals surface area contributed by atoms with Gasteiger partial charge in [-0.3, -0.25) is 4.79 Å². The van der Waals surface area contributed by atoms with E-state index in [-0.39, 0.29) is 25.2 Å². The molecule has 1 amide bonds. The van der Waals surface area contributed by atoms with E-state index >= 15 is 0 Å². The fourth-order valence-corrected chi connectivity index (χ4v) is 3.73. The zero-order chi connectivity index (χ0) is 23.0. The van der Waals surface area contributed by atoms with Gasteiger partial charge in [0.25, 0.3) is 0 Å². The minimum Gasteiger partial charge on any atom is -0.493 e. The Balaban J connectivity index is 1.34. The molecule has 7 nitrogen and oxygen atoms in total. The number of methoxy groups -OCH3 is 1. The molecule has 1 aliphatic rings. The van der Waals surface area contributed by atoms with Gasteiger partial charge in [0.15, 0.2) is 11.5 Å². The molecule has 1 heterocycles. The number of nitrogens with zero attached hydrogens (tertiary/aromatic N) is 1. The van der Waals surface area contributed by atoms with Crippen molar-refractivity contribution in [3.05, 3.63) is 83.9 Å². The predicted octanol–water partition coefficient (Wildman–Crippen LogP) is 3.15. The van der Waals surface area contributed by atoms with Crippen LogP contribution in [0.2, 0.25) is 0 Å². The minimum atomic E-state index is -0.361. The Morgan fingerprint density at radius 3 is 2.64 bits per heavy atom. The molecule has 0 saturated carbocycles. The van der Waals surface area contributed by atoms with Crippen LogP contribution in [0.3, 0.4) is 0 Å². The number of aliphatic hydroxyl groups is 1. The SMILES string of the molecule is COc1cc(CNC(=O)CN2CC(CO)Oc3ccccc32)ccc1OCc1ccccc1. The van der Waals surface area contributed by atoms with Gasteiger partial charge in [-0.2, -0.15) is 0 Å². The van der Waals surface area contributed by atoms with E-state index in [9.17, 15) is 9.90 Å². The first kappa shape index (κ1) is 22.5. The lowest BCUT2D eigenvalue weighted by molar-refractivity contribution is -0.120. The summed E-state index contributed by atoms with van der Waals surface area (Å²) in [6.07, 6.45) is -0.361. The van der Waals surface area contributed by atoms with Gasteiger partial charge in [0, 0.05) is 6.54 Å². The van der Waals surface area contributed by atoms with Crippen molar-refractivity contribution in [2.24, 2.45) is 0 Å². The number of amides is 1. The molecule has 172 valence electrons. The number of anilines is 1. The Hall–Kier alpha value is -3.71. The molecule has 0 aromatic heterocycles. The largest absolute Gasteiger partial charge is 0.493 e. The molecule has 0 radical (unpaired) electrons. The van der Waals surface area contributed by atoms with Crippen LogP contribution in [0.25, 0.3) is 0 Å². The van der Waals surface area contributed by atoms with E-state index in [2.05, 4.69) is 5.32 Å². The quantitative estimate of drug-likeness (QED) is 0.524. The van der Waals surface area contributed by atoms with E-state index in [1.165, 1.54) is 0 Å². The highest BCUT2D eigenvalue weighted by atomic mass is 16.5. The molecule has 0 fully saturated rings. The molecule has 33 heavy (non-hydrogen) atoms. The van der Waals surface area contributed by atoms with E-state index in [0.29, 0.717) is 36.9 Å². The van der Waals surface area contributed by atoms with Crippen LogP contribution in [0.1, 0.15) is 11.1 Å². The number of carbonyl (C=O) groups excluding carboxylic acids is 1. The molecule has 1 atom stereocenters. The second-order valence-electron chi connectivity index (χ2n) is 7.81. The van der Waals surface area contributed by atoms with Gasteiger partial charge in [0.2, 0.25) is 5.91 Å². The molecular formula is C26H28N2O5. The van der Waals surface area contributed by atoms with Crippen LogP contribution in [-0.4, -0.2) is 43.9 Å². The summed E-state index contributed by atoms with van der Waals surface area (Å²) in [7, 11) is 1.60. The fourth-order valence-electron chi connectivity index (χ4n) is 3.73. The molecular weight excluding hydrogens is 420 g/mol. The monoisotopic (exact) mass is 448 g/mol. The number of fused-ring (bicyclic) bond motifs is 1. The van der Waals surface area contributed by atoms with Crippen molar-refractivity contribution in [2.75, 3.05) is 31.7 Å². The van der Waals surface area contributed by atoms with Crippen molar-refractivity contribution >= 4 is 11.6 Å². The van der Waals surface area contributed by atoms with Crippen molar-refractivity contribution in [3.63, 3.8) is 0 Å². The number of rotatable bonds is 9. The van der Waals surface area contributed by atoms with Gasteiger partial charge in [0.05, 0.1) is 32.5 Å². The second kappa shape index (κ2) is 10.7. The lowest BCUT2D eigenvalue weighted by atomic mass is 10.2. The molecule has 7 heteroatoms. The first-order chi connectivity index (χ1) is 16.2. The maximum Gasteiger partial charge on any atom is 0.239 e. The number of carbonyl (C=O) groups is 1. The molecule has 3 aromatic carbocycles. The molecule has 0 saturated heterocycles. The smallest absolute Gasteiger partial charge is 0.239 e. The van der Waals surface area contributed by atoms with Crippen molar-refractivity contribution in [1.29, 1.82) is 0 Å². The third-order valence-electron chi connectivity index (χ3n) is 5.42. The normalized spacial score (nSPS) is 14.7. The summed E-state index contributed by atoms with van der Waals surface area (Å²) in [6.45, 7) is 1.33. The number of benzene rings is 3. The maximum absolute atomic E-state index is 12.7. The van der Waals surface area contributed by atoms with Gasteiger partial charge in [-0.1, -0.05) is 48.5 Å². The predicted molar refractivity (Wildman–Crippen MR) is 126 cm³/mol. The molecule has 1 unspecified atom stereocenters. The highest BCUT2D eigenvalue weighted by Crippen LogP contribution is 2.33. The maximum atomic E-state index is 12.7. The van der Waals surface area contributed by atoms with E-state index in [4.69, 9.17) is 14.2 Å². The molecule has 2 N–H and O–H groups in total. The number of aliphatic hydroxyl groups excluding tert-OH is 1. The molecule has 1 aliphatic heterocycles. The Morgan fingerprint density at radius 1 is 1.06 bits per heavy atom. The van der Waals surface area contributed by atoms with Gasteiger partial charge >= 0.3 is 0 Å². The van der Waals surface area contributed by atoms with Gasteiger partial charge in [-0.25, -0.2) is 0 Å². The van der Waals surface area contributed by atoms with Crippen LogP contribution in [-0.2, 0) is 17.9 Å². The summed E-state index contributed by atoms with van der Waals surface area (Å²) in [5, 5.41) is 12.5. The highest BCUT2D eigenvalue weighted by Gasteiger charge is 2.26. The van der Waals surface area contributed by atoms with Crippen LogP contribution in [0.5, 0.6) is 17.2 Å². The van der Waals surface area contributed by atoms with Crippen LogP contribution >= 0.6 is 0 Å². The van der Waals surface area contributed by atoms with Gasteiger partial charge in [0.1, 0.15) is 18.5 Å². The lowest BCUT2D eigenvalue weighted by Gasteiger charge is -2.35. The highest BCUT2D eigenvalue weighted by molar-refractivity contribution is 5.82. The van der Waals surface area contributed by atoms with Crippen LogP contribution < -0.4 is 24.4 Å². The van der Waals surface area contributed by atoms with Crippen molar-refractivity contribution < 1.29 is 24.1 Å². The van der Waals surface area contributed by atoms with Crippen LogP contribution in [0.15, 0.2) is 72.8 Å². The average Bonchev–Trinajstić information content (AvgIpc) is 2.86. The second-order valence-corrected chi connectivity index (χ2v) is 7.81. The standard InChI is InChI=1S/C26H28N2O5/c1-31-25-13-20(11-12-24(25)32-18-19-7-3-2-4-8-19)14-27-26(30)16-28-15-21(17-29)33-23-10-6-5-9-22(23)28/h2-13,21,29H,14-18H2,1H3,(H,27,30). The summed E-state index contributed by atoms with van der Waals surface area (Å²) in [4.78, 5) is 14.6. The number of nitrogens with one attached hydrogen (secondary N) is 1. The third-order valence-corrected chi connectivity index (χ3v) is 5.42. The molecule has 4 rings (SSSR count).